The molecule has 0 N–H and O–H groups in total. The van der Waals surface area contributed by atoms with Crippen LogP contribution in [0.5, 0.6) is 0 Å². The van der Waals surface area contributed by atoms with Gasteiger partial charge in [0.2, 0.25) is 0 Å². The van der Waals surface area contributed by atoms with Gasteiger partial charge in [0, 0.05) is 4.83 Å². The average Bonchev–Trinajstić information content (AvgIpc) is 3.09. The van der Waals surface area contributed by atoms with Crippen LogP contribution in [0.1, 0.15) is 48.1 Å². The topological polar surface area (TPSA) is 0 Å². The Labute approximate surface area is 136 Å². The van der Waals surface area contributed by atoms with Crippen LogP contribution in [-0.4, -0.2) is 0 Å². The van der Waals surface area contributed by atoms with Crippen LogP contribution in [-0.2, 0) is 0 Å². The first kappa shape index (κ1) is 13.8. The summed E-state index contributed by atoms with van der Waals surface area (Å²) >= 11 is 4.04. The molecule has 0 radical (unpaired) electrons. The van der Waals surface area contributed by atoms with E-state index >= 15 is 0 Å². The Morgan fingerprint density at radius 3 is 2.71 bits per heavy atom. The monoisotopic (exact) mass is 342 g/mol. The minimum absolute atomic E-state index is 0.507. The Bertz CT molecular complexity index is 660. The smallest absolute Gasteiger partial charge is 0.0406 e. The summed E-state index contributed by atoms with van der Waals surface area (Å²) in [5, 5.41) is 2.80. The van der Waals surface area contributed by atoms with Gasteiger partial charge in [0.25, 0.3) is 0 Å². The molecule has 0 heterocycles. The van der Waals surface area contributed by atoms with Crippen LogP contribution >= 0.6 is 15.9 Å². The average molecular weight is 343 g/mol. The highest BCUT2D eigenvalue weighted by molar-refractivity contribution is 9.09. The van der Waals surface area contributed by atoms with Crippen LogP contribution in [0.15, 0.2) is 36.4 Å². The third kappa shape index (κ3) is 2.44. The van der Waals surface area contributed by atoms with Crippen molar-refractivity contribution in [2.75, 3.05) is 0 Å². The van der Waals surface area contributed by atoms with Crippen LogP contribution < -0.4 is 0 Å². The zero-order chi connectivity index (χ0) is 14.4. The Balaban J connectivity index is 1.64. The summed E-state index contributed by atoms with van der Waals surface area (Å²) in [5.74, 6) is 3.02. The number of aryl methyl sites for hydroxylation is 1. The summed E-state index contributed by atoms with van der Waals surface area (Å²) in [7, 11) is 0. The normalized spacial score (nSPS) is 29.1. The van der Waals surface area contributed by atoms with Gasteiger partial charge >= 0.3 is 0 Å². The Kier molecular flexibility index (Phi) is 3.57. The largest absolute Gasteiger partial charge is 0.0838 e. The quantitative estimate of drug-likeness (QED) is 0.565. The minimum Gasteiger partial charge on any atom is -0.0838 e. The zero-order valence-corrected chi connectivity index (χ0v) is 14.3. The molecule has 4 unspecified atom stereocenters. The van der Waals surface area contributed by atoms with Crippen molar-refractivity contribution in [3.8, 4) is 0 Å². The fraction of sp³-hybridized carbons (Fsp3) is 0.500. The lowest BCUT2D eigenvalue weighted by Gasteiger charge is -2.25. The molecule has 2 aromatic rings. The van der Waals surface area contributed by atoms with Crippen molar-refractivity contribution in [1.82, 2.24) is 0 Å². The molecule has 2 saturated carbocycles. The van der Waals surface area contributed by atoms with Gasteiger partial charge in [-0.3, -0.25) is 0 Å². The first-order valence-electron chi connectivity index (χ1n) is 8.34. The fourth-order valence-corrected chi connectivity index (χ4v) is 5.96. The van der Waals surface area contributed by atoms with Crippen molar-refractivity contribution in [3.63, 3.8) is 0 Å². The molecule has 2 aromatic carbocycles. The van der Waals surface area contributed by atoms with Crippen molar-refractivity contribution in [2.24, 2.45) is 17.8 Å². The van der Waals surface area contributed by atoms with E-state index in [4.69, 9.17) is 0 Å². The molecule has 0 aromatic heterocycles. The van der Waals surface area contributed by atoms with E-state index in [1.165, 1.54) is 54.0 Å². The van der Waals surface area contributed by atoms with Crippen LogP contribution in [0.25, 0.3) is 10.8 Å². The molecule has 0 amide bonds. The van der Waals surface area contributed by atoms with E-state index in [9.17, 15) is 0 Å². The molecular weight excluding hydrogens is 320 g/mol. The first-order chi connectivity index (χ1) is 10.2. The van der Waals surface area contributed by atoms with Gasteiger partial charge in [-0.05, 0) is 72.3 Å². The van der Waals surface area contributed by atoms with Gasteiger partial charge in [0.1, 0.15) is 0 Å². The lowest BCUT2D eigenvalue weighted by atomic mass is 9.83. The summed E-state index contributed by atoms with van der Waals surface area (Å²) in [5.41, 5.74) is 2.95. The Morgan fingerprint density at radius 2 is 1.95 bits per heavy atom. The van der Waals surface area contributed by atoms with Gasteiger partial charge in [0.15, 0.2) is 0 Å². The van der Waals surface area contributed by atoms with Crippen molar-refractivity contribution in [1.29, 1.82) is 0 Å². The lowest BCUT2D eigenvalue weighted by Crippen LogP contribution is -2.12. The predicted octanol–water partition coefficient (Wildman–Crippen LogP) is 6.41. The van der Waals surface area contributed by atoms with Gasteiger partial charge in [-0.2, -0.15) is 0 Å². The summed E-state index contributed by atoms with van der Waals surface area (Å²) in [6.45, 7) is 2.26. The molecular formula is C20H23Br. The van der Waals surface area contributed by atoms with Crippen molar-refractivity contribution < 1.29 is 0 Å². The van der Waals surface area contributed by atoms with Gasteiger partial charge in [0.05, 0.1) is 0 Å². The van der Waals surface area contributed by atoms with Crippen molar-refractivity contribution in [3.05, 3.63) is 47.5 Å². The molecule has 2 bridgehead atoms. The highest BCUT2D eigenvalue weighted by atomic mass is 79.9. The predicted molar refractivity (Wildman–Crippen MR) is 93.9 cm³/mol. The van der Waals surface area contributed by atoms with Crippen LogP contribution in [0.3, 0.4) is 0 Å². The second-order valence-corrected chi connectivity index (χ2v) is 8.26. The summed E-state index contributed by atoms with van der Waals surface area (Å²) in [6, 6.07) is 13.4. The number of halogens is 1. The van der Waals surface area contributed by atoms with Crippen molar-refractivity contribution >= 4 is 26.7 Å². The molecule has 2 aliphatic carbocycles. The number of rotatable bonds is 3. The van der Waals surface area contributed by atoms with E-state index in [2.05, 4.69) is 59.3 Å². The number of hydrogen-bond acceptors (Lipinski definition) is 0. The molecule has 21 heavy (non-hydrogen) atoms. The minimum atomic E-state index is 0.507. The highest BCUT2D eigenvalue weighted by Crippen LogP contribution is 2.52. The summed E-state index contributed by atoms with van der Waals surface area (Å²) in [4.78, 5) is 0.507. The lowest BCUT2D eigenvalue weighted by molar-refractivity contribution is 0.314. The molecule has 4 atom stereocenters. The second kappa shape index (κ2) is 5.43. The number of benzene rings is 2. The van der Waals surface area contributed by atoms with Gasteiger partial charge in [-0.1, -0.05) is 58.7 Å². The van der Waals surface area contributed by atoms with E-state index in [1.807, 2.05) is 0 Å². The maximum atomic E-state index is 4.04. The molecule has 4 rings (SSSR count). The van der Waals surface area contributed by atoms with E-state index in [1.54, 1.807) is 0 Å². The van der Waals surface area contributed by atoms with Gasteiger partial charge in [-0.15, -0.1) is 0 Å². The second-order valence-electron chi connectivity index (χ2n) is 7.16. The molecule has 2 fully saturated rings. The molecule has 0 nitrogen and oxygen atoms in total. The van der Waals surface area contributed by atoms with Gasteiger partial charge in [-0.25, -0.2) is 0 Å². The molecule has 1 heteroatoms. The highest BCUT2D eigenvalue weighted by Gasteiger charge is 2.40. The fourth-order valence-electron chi connectivity index (χ4n) is 4.87. The third-order valence-corrected chi connectivity index (χ3v) is 6.73. The molecule has 0 spiro atoms. The molecule has 2 aliphatic rings. The maximum absolute atomic E-state index is 4.04. The molecule has 0 saturated heterocycles. The van der Waals surface area contributed by atoms with Gasteiger partial charge < -0.3 is 0 Å². The zero-order valence-electron chi connectivity index (χ0n) is 12.7. The number of hydrogen-bond donors (Lipinski definition) is 0. The standard InChI is InChI=1S/C20H23Br/c1-13-6-8-15-4-2-3-5-18(15)20(13)19(21)12-17-11-14-7-9-16(17)10-14/h2-6,8,14,16-17,19H,7,9-12H2,1H3. The first-order valence-corrected chi connectivity index (χ1v) is 9.26. The van der Waals surface area contributed by atoms with E-state index in [-0.39, 0.29) is 0 Å². The van der Waals surface area contributed by atoms with E-state index < -0.39 is 0 Å². The Hall–Kier alpha value is -0.820. The summed E-state index contributed by atoms with van der Waals surface area (Å²) < 4.78 is 0. The summed E-state index contributed by atoms with van der Waals surface area (Å²) in [6.07, 6.45) is 7.30. The van der Waals surface area contributed by atoms with Crippen molar-refractivity contribution in [2.45, 2.75) is 43.9 Å². The molecule has 110 valence electrons. The third-order valence-electron chi connectivity index (χ3n) is 5.90. The SMILES string of the molecule is Cc1ccc2ccccc2c1C(Br)CC1CC2CCC1C2. The number of fused-ring (bicyclic) bond motifs is 3. The van der Waals surface area contributed by atoms with E-state index in [0.717, 1.165) is 17.8 Å². The van der Waals surface area contributed by atoms with E-state index in [0.29, 0.717) is 4.83 Å². The Morgan fingerprint density at radius 1 is 1.10 bits per heavy atom. The molecule has 0 aliphatic heterocycles. The number of alkyl halides is 1. The van der Waals surface area contributed by atoms with Crippen LogP contribution in [0, 0.1) is 24.7 Å². The van der Waals surface area contributed by atoms with Crippen LogP contribution in [0.2, 0.25) is 0 Å². The maximum Gasteiger partial charge on any atom is 0.0406 e. The van der Waals surface area contributed by atoms with Crippen LogP contribution in [0.4, 0.5) is 0 Å².